The molecule has 154 valence electrons. The van der Waals surface area contributed by atoms with Crippen molar-refractivity contribution < 1.29 is 19.1 Å². The molecular formula is C20H23ClN4O4. The SMILES string of the molecule is O=C(/C=C/c1cnc(NCCOc2ccccc2Cl)cn1)NOC1CCCCO1. The molecule has 3 rings (SSSR count). The highest BCUT2D eigenvalue weighted by Gasteiger charge is 2.14. The molecule has 8 nitrogen and oxygen atoms in total. The summed E-state index contributed by atoms with van der Waals surface area (Å²) < 4.78 is 11.0. The summed E-state index contributed by atoms with van der Waals surface area (Å²) in [6, 6.07) is 7.30. The van der Waals surface area contributed by atoms with Crippen molar-refractivity contribution in [2.45, 2.75) is 25.6 Å². The van der Waals surface area contributed by atoms with Gasteiger partial charge in [0, 0.05) is 19.1 Å². The van der Waals surface area contributed by atoms with Crippen LogP contribution in [-0.4, -0.2) is 41.9 Å². The van der Waals surface area contributed by atoms with Gasteiger partial charge in [-0.2, -0.15) is 0 Å². The molecule has 1 aliphatic rings. The van der Waals surface area contributed by atoms with Gasteiger partial charge in [-0.15, -0.1) is 0 Å². The Labute approximate surface area is 174 Å². The number of hydrogen-bond donors (Lipinski definition) is 2. The van der Waals surface area contributed by atoms with E-state index in [1.54, 1.807) is 24.5 Å². The molecule has 29 heavy (non-hydrogen) atoms. The number of hydroxylamine groups is 1. The van der Waals surface area contributed by atoms with Gasteiger partial charge in [0.05, 0.1) is 29.7 Å². The smallest absolute Gasteiger partial charge is 0.267 e. The largest absolute Gasteiger partial charge is 0.490 e. The maximum atomic E-state index is 11.8. The van der Waals surface area contributed by atoms with Crippen molar-refractivity contribution in [2.75, 3.05) is 25.1 Å². The Morgan fingerprint density at radius 1 is 1.28 bits per heavy atom. The third kappa shape index (κ3) is 7.34. The van der Waals surface area contributed by atoms with E-state index in [0.717, 1.165) is 19.3 Å². The number of amides is 1. The summed E-state index contributed by atoms with van der Waals surface area (Å²) >= 11 is 6.03. The molecule has 2 N–H and O–H groups in total. The molecule has 0 spiro atoms. The highest BCUT2D eigenvalue weighted by molar-refractivity contribution is 6.32. The maximum Gasteiger partial charge on any atom is 0.267 e. The highest BCUT2D eigenvalue weighted by atomic mass is 35.5. The van der Waals surface area contributed by atoms with Gasteiger partial charge in [-0.25, -0.2) is 15.3 Å². The van der Waals surface area contributed by atoms with E-state index >= 15 is 0 Å². The molecule has 1 aliphatic heterocycles. The number of nitrogens with one attached hydrogen (secondary N) is 2. The van der Waals surface area contributed by atoms with E-state index in [0.29, 0.717) is 42.0 Å². The number of hydrogen-bond acceptors (Lipinski definition) is 7. The molecule has 1 unspecified atom stereocenters. The summed E-state index contributed by atoms with van der Waals surface area (Å²) in [6.07, 6.45) is 8.46. The second kappa shape index (κ2) is 11.4. The molecule has 1 aromatic heterocycles. The van der Waals surface area contributed by atoms with Crippen LogP contribution in [0.1, 0.15) is 25.0 Å². The minimum atomic E-state index is -0.389. The Morgan fingerprint density at radius 3 is 2.93 bits per heavy atom. The average Bonchev–Trinajstić information content (AvgIpc) is 2.76. The lowest BCUT2D eigenvalue weighted by molar-refractivity contribution is -0.198. The second-order valence-corrected chi connectivity index (χ2v) is 6.65. The number of carbonyl (C=O) groups excluding carboxylic acids is 1. The number of nitrogens with zero attached hydrogens (tertiary/aromatic N) is 2. The first kappa shape index (κ1) is 21.0. The fraction of sp³-hybridized carbons (Fsp3) is 0.350. The van der Waals surface area contributed by atoms with Crippen molar-refractivity contribution in [1.82, 2.24) is 15.4 Å². The molecule has 1 amide bonds. The summed E-state index contributed by atoms with van der Waals surface area (Å²) in [5, 5.41) is 3.68. The lowest BCUT2D eigenvalue weighted by atomic mass is 10.2. The molecule has 0 saturated carbocycles. The zero-order chi connectivity index (χ0) is 20.3. The minimum absolute atomic E-state index is 0.381. The molecule has 1 fully saturated rings. The number of para-hydroxylation sites is 1. The number of benzene rings is 1. The first-order valence-electron chi connectivity index (χ1n) is 9.39. The zero-order valence-electron chi connectivity index (χ0n) is 15.8. The molecule has 1 saturated heterocycles. The fourth-order valence-electron chi connectivity index (χ4n) is 2.54. The van der Waals surface area contributed by atoms with Crippen LogP contribution in [0.3, 0.4) is 0 Å². The van der Waals surface area contributed by atoms with Gasteiger partial charge in [0.15, 0.2) is 6.29 Å². The van der Waals surface area contributed by atoms with Gasteiger partial charge in [0.25, 0.3) is 5.91 Å². The van der Waals surface area contributed by atoms with Gasteiger partial charge in [0.1, 0.15) is 18.2 Å². The van der Waals surface area contributed by atoms with Crippen molar-refractivity contribution in [3.05, 3.63) is 53.5 Å². The number of anilines is 1. The Kier molecular flexibility index (Phi) is 8.24. The number of halogens is 1. The Hall–Kier alpha value is -2.68. The predicted octanol–water partition coefficient (Wildman–Crippen LogP) is 3.21. The van der Waals surface area contributed by atoms with E-state index in [-0.39, 0.29) is 12.2 Å². The Bertz CT molecular complexity index is 810. The van der Waals surface area contributed by atoms with Crippen molar-refractivity contribution in [1.29, 1.82) is 0 Å². The molecule has 0 radical (unpaired) electrons. The van der Waals surface area contributed by atoms with E-state index in [1.165, 1.54) is 6.08 Å². The summed E-state index contributed by atoms with van der Waals surface area (Å²) in [4.78, 5) is 25.5. The van der Waals surface area contributed by atoms with Gasteiger partial charge in [-0.1, -0.05) is 23.7 Å². The van der Waals surface area contributed by atoms with Gasteiger partial charge in [0.2, 0.25) is 0 Å². The first-order chi connectivity index (χ1) is 14.2. The average molecular weight is 419 g/mol. The first-order valence-corrected chi connectivity index (χ1v) is 9.77. The monoisotopic (exact) mass is 418 g/mol. The van der Waals surface area contributed by atoms with Crippen LogP contribution in [0.5, 0.6) is 5.75 Å². The third-order valence-corrected chi connectivity index (χ3v) is 4.32. The summed E-state index contributed by atoms with van der Waals surface area (Å²) in [5.74, 6) is 0.854. The Balaban J connectivity index is 1.36. The van der Waals surface area contributed by atoms with Crippen molar-refractivity contribution >= 4 is 29.4 Å². The standard InChI is InChI=1S/C20H23ClN4O4/c21-16-5-1-2-6-17(16)27-12-10-22-18-14-23-15(13-24-18)8-9-19(26)25-29-20-7-3-4-11-28-20/h1-2,5-6,8-9,13-14,20H,3-4,7,10-12H2,(H,22,24)(H,25,26)/b9-8+. The lowest BCUT2D eigenvalue weighted by Crippen LogP contribution is -2.32. The minimum Gasteiger partial charge on any atom is -0.490 e. The van der Waals surface area contributed by atoms with E-state index < -0.39 is 0 Å². The van der Waals surface area contributed by atoms with E-state index in [9.17, 15) is 4.79 Å². The van der Waals surface area contributed by atoms with Gasteiger partial charge >= 0.3 is 0 Å². The van der Waals surface area contributed by atoms with Gasteiger partial charge in [-0.05, 0) is 31.1 Å². The fourth-order valence-corrected chi connectivity index (χ4v) is 2.73. The van der Waals surface area contributed by atoms with E-state index in [4.69, 9.17) is 25.9 Å². The number of carbonyl (C=O) groups is 1. The van der Waals surface area contributed by atoms with Crippen LogP contribution in [0.25, 0.3) is 6.08 Å². The van der Waals surface area contributed by atoms with Gasteiger partial charge in [-0.3, -0.25) is 9.78 Å². The molecule has 0 bridgehead atoms. The van der Waals surface area contributed by atoms with Crippen LogP contribution in [0.2, 0.25) is 5.02 Å². The van der Waals surface area contributed by atoms with Crippen LogP contribution < -0.4 is 15.5 Å². The Morgan fingerprint density at radius 2 is 2.17 bits per heavy atom. The number of aromatic nitrogens is 2. The third-order valence-electron chi connectivity index (χ3n) is 4.01. The van der Waals surface area contributed by atoms with Gasteiger partial charge < -0.3 is 14.8 Å². The van der Waals surface area contributed by atoms with Crippen LogP contribution in [0.4, 0.5) is 5.82 Å². The van der Waals surface area contributed by atoms with E-state index in [2.05, 4.69) is 20.8 Å². The molecule has 1 atom stereocenters. The molecule has 0 aliphatic carbocycles. The summed E-state index contributed by atoms with van der Waals surface area (Å²) in [5.41, 5.74) is 2.90. The topological polar surface area (TPSA) is 94.6 Å². The second-order valence-electron chi connectivity index (χ2n) is 6.25. The van der Waals surface area contributed by atoms with E-state index in [1.807, 2.05) is 18.2 Å². The molecule has 2 heterocycles. The molecule has 2 aromatic rings. The molecular weight excluding hydrogens is 396 g/mol. The number of ether oxygens (including phenoxy) is 2. The molecule has 9 heteroatoms. The lowest BCUT2D eigenvalue weighted by Gasteiger charge is -2.21. The number of rotatable bonds is 9. The van der Waals surface area contributed by atoms with Crippen molar-refractivity contribution in [3.8, 4) is 5.75 Å². The summed E-state index contributed by atoms with van der Waals surface area (Å²) in [6.45, 7) is 1.62. The quantitative estimate of drug-likeness (QED) is 0.367. The van der Waals surface area contributed by atoms with Crippen LogP contribution >= 0.6 is 11.6 Å². The summed E-state index contributed by atoms with van der Waals surface area (Å²) in [7, 11) is 0. The maximum absolute atomic E-state index is 11.8. The van der Waals surface area contributed by atoms with Crippen molar-refractivity contribution in [3.63, 3.8) is 0 Å². The normalized spacial score (nSPS) is 16.5. The zero-order valence-corrected chi connectivity index (χ0v) is 16.6. The van der Waals surface area contributed by atoms with Crippen LogP contribution in [0.15, 0.2) is 42.7 Å². The van der Waals surface area contributed by atoms with Crippen LogP contribution in [-0.2, 0) is 14.4 Å². The highest BCUT2D eigenvalue weighted by Crippen LogP contribution is 2.22. The van der Waals surface area contributed by atoms with Crippen LogP contribution in [0, 0.1) is 0 Å². The molecule has 1 aromatic carbocycles. The predicted molar refractivity (Wildman–Crippen MR) is 109 cm³/mol. The van der Waals surface area contributed by atoms with Crippen molar-refractivity contribution in [2.24, 2.45) is 0 Å².